The molecule has 4 N–H and O–H groups in total. The number of rotatable bonds is 1. The van der Waals surface area contributed by atoms with Crippen LogP contribution >= 0.6 is 0 Å². The molecule has 0 aliphatic carbocycles. The van der Waals surface area contributed by atoms with Gasteiger partial charge in [0.1, 0.15) is 0 Å². The SMILES string of the molecule is Nc1ccc2c(c1)C(=Cc1ccnc3ccccc13)C(O)N2. The number of benzene rings is 2. The Labute approximate surface area is 127 Å². The summed E-state index contributed by atoms with van der Waals surface area (Å²) in [5, 5.41) is 14.4. The van der Waals surface area contributed by atoms with Crippen LogP contribution in [0.3, 0.4) is 0 Å². The topological polar surface area (TPSA) is 71.2 Å². The Hall–Kier alpha value is -2.85. The number of pyridine rings is 1. The molecule has 1 aromatic heterocycles. The number of anilines is 2. The van der Waals surface area contributed by atoms with Gasteiger partial charge in [-0.15, -0.1) is 0 Å². The highest BCUT2D eigenvalue weighted by molar-refractivity contribution is 5.99. The molecule has 4 heteroatoms. The quantitative estimate of drug-likeness (QED) is 0.602. The highest BCUT2D eigenvalue weighted by atomic mass is 16.3. The summed E-state index contributed by atoms with van der Waals surface area (Å²) in [7, 11) is 0. The van der Waals surface area contributed by atoms with Gasteiger partial charge < -0.3 is 16.2 Å². The summed E-state index contributed by atoms with van der Waals surface area (Å²) in [5.41, 5.74) is 11.2. The van der Waals surface area contributed by atoms with E-state index >= 15 is 0 Å². The lowest BCUT2D eigenvalue weighted by atomic mass is 10.0. The second-order valence-electron chi connectivity index (χ2n) is 5.37. The fourth-order valence-corrected chi connectivity index (χ4v) is 2.87. The average Bonchev–Trinajstić information content (AvgIpc) is 2.83. The Bertz CT molecular complexity index is 896. The number of aromatic nitrogens is 1. The Morgan fingerprint density at radius 1 is 1.14 bits per heavy atom. The first-order valence-electron chi connectivity index (χ1n) is 7.12. The van der Waals surface area contributed by atoms with Crippen LogP contribution < -0.4 is 11.1 Å². The van der Waals surface area contributed by atoms with E-state index in [1.807, 2.05) is 54.6 Å². The van der Waals surface area contributed by atoms with Crippen molar-refractivity contribution in [3.8, 4) is 0 Å². The molecule has 2 heterocycles. The van der Waals surface area contributed by atoms with Crippen molar-refractivity contribution in [2.45, 2.75) is 6.23 Å². The van der Waals surface area contributed by atoms with Crippen LogP contribution in [0.2, 0.25) is 0 Å². The van der Waals surface area contributed by atoms with Crippen LogP contribution in [0.4, 0.5) is 11.4 Å². The van der Waals surface area contributed by atoms with Gasteiger partial charge in [0.25, 0.3) is 0 Å². The van der Waals surface area contributed by atoms with Crippen molar-refractivity contribution in [2.24, 2.45) is 0 Å². The zero-order chi connectivity index (χ0) is 15.1. The third-order valence-corrected chi connectivity index (χ3v) is 3.94. The minimum Gasteiger partial charge on any atom is -0.399 e. The van der Waals surface area contributed by atoms with Crippen molar-refractivity contribution >= 4 is 33.9 Å². The normalized spacial score (nSPS) is 18.4. The Morgan fingerprint density at radius 2 is 2.00 bits per heavy atom. The second kappa shape index (κ2) is 4.86. The molecule has 0 saturated carbocycles. The van der Waals surface area contributed by atoms with Gasteiger partial charge in [0, 0.05) is 34.1 Å². The minimum absolute atomic E-state index is 0.681. The van der Waals surface area contributed by atoms with Gasteiger partial charge in [-0.3, -0.25) is 4.98 Å². The molecule has 108 valence electrons. The number of nitrogens with one attached hydrogen (secondary N) is 1. The third kappa shape index (κ3) is 2.01. The standard InChI is InChI=1S/C18H15N3O/c19-12-5-6-17-14(10-12)15(18(22)21-17)9-11-7-8-20-16-4-2-1-3-13(11)16/h1-10,18,21-22H,19H2. The highest BCUT2D eigenvalue weighted by Gasteiger charge is 2.24. The average molecular weight is 289 g/mol. The molecule has 1 aliphatic rings. The van der Waals surface area contributed by atoms with E-state index in [1.165, 1.54) is 0 Å². The smallest absolute Gasteiger partial charge is 0.151 e. The first kappa shape index (κ1) is 12.9. The van der Waals surface area contributed by atoms with Crippen molar-refractivity contribution in [1.82, 2.24) is 4.98 Å². The maximum atomic E-state index is 10.3. The van der Waals surface area contributed by atoms with Crippen molar-refractivity contribution < 1.29 is 5.11 Å². The molecule has 0 bridgehead atoms. The lowest BCUT2D eigenvalue weighted by molar-refractivity contribution is 0.266. The van der Waals surface area contributed by atoms with E-state index in [9.17, 15) is 5.11 Å². The van der Waals surface area contributed by atoms with Crippen molar-refractivity contribution in [1.29, 1.82) is 0 Å². The van der Waals surface area contributed by atoms with E-state index in [2.05, 4.69) is 10.3 Å². The van der Waals surface area contributed by atoms with Gasteiger partial charge in [-0.1, -0.05) is 18.2 Å². The molecule has 1 atom stereocenters. The molecule has 4 rings (SSSR count). The Morgan fingerprint density at radius 3 is 2.91 bits per heavy atom. The Balaban J connectivity index is 1.91. The molecule has 1 unspecified atom stereocenters. The van der Waals surface area contributed by atoms with Crippen LogP contribution in [-0.4, -0.2) is 16.3 Å². The van der Waals surface area contributed by atoms with Gasteiger partial charge in [0.15, 0.2) is 6.23 Å². The van der Waals surface area contributed by atoms with Gasteiger partial charge in [-0.2, -0.15) is 0 Å². The Kier molecular flexibility index (Phi) is 2.84. The van der Waals surface area contributed by atoms with Gasteiger partial charge in [-0.05, 0) is 42.0 Å². The zero-order valence-corrected chi connectivity index (χ0v) is 11.8. The summed E-state index contributed by atoms with van der Waals surface area (Å²) >= 11 is 0. The lowest BCUT2D eigenvalue weighted by Crippen LogP contribution is -2.12. The van der Waals surface area contributed by atoms with E-state index in [4.69, 9.17) is 5.73 Å². The van der Waals surface area contributed by atoms with Gasteiger partial charge >= 0.3 is 0 Å². The fraction of sp³-hybridized carbons (Fsp3) is 0.0556. The van der Waals surface area contributed by atoms with Crippen LogP contribution in [0, 0.1) is 0 Å². The van der Waals surface area contributed by atoms with Crippen molar-refractivity contribution in [3.63, 3.8) is 0 Å². The molecule has 0 fully saturated rings. The van der Waals surface area contributed by atoms with Crippen LogP contribution in [0.5, 0.6) is 0 Å². The van der Waals surface area contributed by atoms with Crippen LogP contribution in [0.25, 0.3) is 22.6 Å². The molecule has 3 aromatic rings. The summed E-state index contributed by atoms with van der Waals surface area (Å²) in [5.74, 6) is 0. The number of nitrogen functional groups attached to an aromatic ring is 1. The predicted octanol–water partition coefficient (Wildman–Crippen LogP) is 3.10. The van der Waals surface area contributed by atoms with E-state index in [1.54, 1.807) is 6.20 Å². The van der Waals surface area contributed by atoms with Crippen molar-refractivity contribution in [3.05, 3.63) is 65.9 Å². The molecule has 2 aromatic carbocycles. The summed E-state index contributed by atoms with van der Waals surface area (Å²) in [4.78, 5) is 4.37. The predicted molar refractivity (Wildman–Crippen MR) is 90.1 cm³/mol. The molecule has 0 amide bonds. The number of hydrogen-bond acceptors (Lipinski definition) is 4. The van der Waals surface area contributed by atoms with Gasteiger partial charge in [0.2, 0.25) is 0 Å². The van der Waals surface area contributed by atoms with E-state index in [0.29, 0.717) is 5.69 Å². The molecule has 0 saturated heterocycles. The molecule has 22 heavy (non-hydrogen) atoms. The number of aliphatic hydroxyl groups excluding tert-OH is 1. The first-order chi connectivity index (χ1) is 10.7. The number of nitrogens with two attached hydrogens (primary N) is 1. The lowest BCUT2D eigenvalue weighted by Gasteiger charge is -2.07. The summed E-state index contributed by atoms with van der Waals surface area (Å²) < 4.78 is 0. The molecule has 1 aliphatic heterocycles. The summed E-state index contributed by atoms with van der Waals surface area (Å²) in [6.07, 6.45) is 3.04. The van der Waals surface area contributed by atoms with E-state index < -0.39 is 6.23 Å². The van der Waals surface area contributed by atoms with Gasteiger partial charge in [0.05, 0.1) is 5.52 Å². The molecular formula is C18H15N3O. The minimum atomic E-state index is -0.733. The second-order valence-corrected chi connectivity index (χ2v) is 5.37. The number of para-hydroxylation sites is 1. The van der Waals surface area contributed by atoms with Crippen LogP contribution in [0.1, 0.15) is 11.1 Å². The maximum Gasteiger partial charge on any atom is 0.151 e. The van der Waals surface area contributed by atoms with Gasteiger partial charge in [-0.25, -0.2) is 0 Å². The molecule has 0 radical (unpaired) electrons. The molecular weight excluding hydrogens is 274 g/mol. The van der Waals surface area contributed by atoms with E-state index in [0.717, 1.165) is 33.3 Å². The first-order valence-corrected chi connectivity index (χ1v) is 7.12. The van der Waals surface area contributed by atoms with Crippen LogP contribution in [0.15, 0.2) is 54.7 Å². The molecule has 0 spiro atoms. The van der Waals surface area contributed by atoms with Crippen LogP contribution in [-0.2, 0) is 0 Å². The monoisotopic (exact) mass is 289 g/mol. The summed E-state index contributed by atoms with van der Waals surface area (Å²) in [6.45, 7) is 0. The van der Waals surface area contributed by atoms with E-state index in [-0.39, 0.29) is 0 Å². The number of nitrogens with zero attached hydrogens (tertiary/aromatic N) is 1. The number of fused-ring (bicyclic) bond motifs is 2. The fourth-order valence-electron chi connectivity index (χ4n) is 2.87. The number of aliphatic hydroxyl groups is 1. The number of hydrogen-bond donors (Lipinski definition) is 3. The zero-order valence-electron chi connectivity index (χ0n) is 11.8. The highest BCUT2D eigenvalue weighted by Crippen LogP contribution is 2.37. The van der Waals surface area contributed by atoms with Crippen molar-refractivity contribution in [2.75, 3.05) is 11.1 Å². The largest absolute Gasteiger partial charge is 0.399 e. The third-order valence-electron chi connectivity index (χ3n) is 3.94. The molecule has 4 nitrogen and oxygen atoms in total. The maximum absolute atomic E-state index is 10.3. The summed E-state index contributed by atoms with van der Waals surface area (Å²) in [6, 6.07) is 15.5.